The molecule has 0 bridgehead atoms. The van der Waals surface area contributed by atoms with Crippen molar-refractivity contribution in [3.63, 3.8) is 0 Å². The van der Waals surface area contributed by atoms with Gasteiger partial charge in [0.2, 0.25) is 0 Å². The van der Waals surface area contributed by atoms with E-state index in [2.05, 4.69) is 46.4 Å². The Morgan fingerprint density at radius 3 is 2.77 bits per heavy atom. The molecule has 13 heavy (non-hydrogen) atoms. The van der Waals surface area contributed by atoms with Gasteiger partial charge in [-0.2, -0.15) is 0 Å². The molecule has 0 aliphatic heterocycles. The second-order valence-corrected chi connectivity index (χ2v) is 4.07. The normalized spacial score (nSPS) is 10.7. The molecule has 0 aliphatic carbocycles. The fourth-order valence-electron chi connectivity index (χ4n) is 1.32. The second kappa shape index (κ2) is 3.21. The minimum atomic E-state index is 1.03. The minimum Gasteiger partial charge on any atom is -0.264 e. The van der Waals surface area contributed by atoms with Crippen molar-refractivity contribution >= 4 is 33.5 Å². The van der Waals surface area contributed by atoms with E-state index in [9.17, 15) is 0 Å². The lowest BCUT2D eigenvalue weighted by atomic mass is 10.1. The first-order valence-corrected chi connectivity index (χ1v) is 5.14. The lowest BCUT2D eigenvalue weighted by molar-refractivity contribution is 1.21. The van der Waals surface area contributed by atoms with Crippen LogP contribution < -0.4 is 0 Å². The highest BCUT2D eigenvalue weighted by molar-refractivity contribution is 14.1. The maximum absolute atomic E-state index is 4.48. The van der Waals surface area contributed by atoms with Crippen molar-refractivity contribution in [2.45, 2.75) is 13.8 Å². The lowest BCUT2D eigenvalue weighted by Gasteiger charge is -2.06. The fraction of sp³-hybridized carbons (Fsp3) is 0.200. The SMILES string of the molecule is Cc1c(I)nc2ccncc2c1C. The summed E-state index contributed by atoms with van der Waals surface area (Å²) < 4.78 is 1.08. The van der Waals surface area contributed by atoms with Gasteiger partial charge < -0.3 is 0 Å². The number of hydrogen-bond donors (Lipinski definition) is 0. The average Bonchev–Trinajstić information content (AvgIpc) is 2.15. The minimum absolute atomic E-state index is 1.03. The topological polar surface area (TPSA) is 25.8 Å². The predicted octanol–water partition coefficient (Wildman–Crippen LogP) is 2.85. The third kappa shape index (κ3) is 1.41. The van der Waals surface area contributed by atoms with Crippen LogP contribution >= 0.6 is 22.6 Å². The molecule has 3 heteroatoms. The van der Waals surface area contributed by atoms with Crippen molar-refractivity contribution in [1.82, 2.24) is 9.97 Å². The fourth-order valence-corrected chi connectivity index (χ4v) is 1.98. The summed E-state index contributed by atoms with van der Waals surface area (Å²) in [5.41, 5.74) is 3.56. The van der Waals surface area contributed by atoms with Crippen molar-refractivity contribution in [2.24, 2.45) is 0 Å². The van der Waals surface area contributed by atoms with Gasteiger partial charge in [-0.3, -0.25) is 4.98 Å². The van der Waals surface area contributed by atoms with Gasteiger partial charge >= 0.3 is 0 Å². The number of rotatable bonds is 0. The summed E-state index contributed by atoms with van der Waals surface area (Å²) in [5, 5.41) is 1.15. The Morgan fingerprint density at radius 1 is 1.23 bits per heavy atom. The zero-order valence-corrected chi connectivity index (χ0v) is 9.66. The van der Waals surface area contributed by atoms with Crippen molar-refractivity contribution in [2.75, 3.05) is 0 Å². The Morgan fingerprint density at radius 2 is 2.00 bits per heavy atom. The molecule has 66 valence electrons. The van der Waals surface area contributed by atoms with Crippen molar-refractivity contribution in [3.8, 4) is 0 Å². The maximum atomic E-state index is 4.48. The predicted molar refractivity (Wildman–Crippen MR) is 61.7 cm³/mol. The molecule has 0 unspecified atom stereocenters. The van der Waals surface area contributed by atoms with Gasteiger partial charge in [0.05, 0.1) is 5.52 Å². The van der Waals surface area contributed by atoms with Crippen LogP contribution in [0.5, 0.6) is 0 Å². The number of nitrogens with zero attached hydrogens (tertiary/aromatic N) is 2. The van der Waals surface area contributed by atoms with E-state index in [0.29, 0.717) is 0 Å². The largest absolute Gasteiger partial charge is 0.264 e. The summed E-state index contributed by atoms with van der Waals surface area (Å²) in [6.45, 7) is 4.21. The first-order valence-electron chi connectivity index (χ1n) is 4.06. The van der Waals surface area contributed by atoms with Crippen LogP contribution in [-0.2, 0) is 0 Å². The Bertz CT molecular complexity index is 466. The van der Waals surface area contributed by atoms with E-state index in [0.717, 1.165) is 14.6 Å². The van der Waals surface area contributed by atoms with Gasteiger partial charge in [-0.05, 0) is 53.6 Å². The van der Waals surface area contributed by atoms with Crippen LogP contribution in [0.25, 0.3) is 10.9 Å². The first kappa shape index (κ1) is 8.87. The van der Waals surface area contributed by atoms with Gasteiger partial charge in [0.15, 0.2) is 0 Å². The highest BCUT2D eigenvalue weighted by atomic mass is 127. The maximum Gasteiger partial charge on any atom is 0.105 e. The second-order valence-electron chi connectivity index (χ2n) is 3.05. The molecule has 0 amide bonds. The zero-order chi connectivity index (χ0) is 9.42. The van der Waals surface area contributed by atoms with Crippen LogP contribution in [0, 0.1) is 17.5 Å². The lowest BCUT2D eigenvalue weighted by Crippen LogP contribution is -1.93. The number of halogens is 1. The summed E-state index contributed by atoms with van der Waals surface area (Å²) in [5.74, 6) is 0. The molecule has 0 saturated heterocycles. The average molecular weight is 284 g/mol. The third-order valence-electron chi connectivity index (χ3n) is 2.29. The summed E-state index contributed by atoms with van der Waals surface area (Å²) in [6.07, 6.45) is 3.65. The Kier molecular flexibility index (Phi) is 2.19. The molecule has 0 aromatic carbocycles. The molecule has 0 fully saturated rings. The van der Waals surface area contributed by atoms with Crippen LogP contribution in [0.3, 0.4) is 0 Å². The van der Waals surface area contributed by atoms with E-state index >= 15 is 0 Å². The Balaban J connectivity index is 2.94. The van der Waals surface area contributed by atoms with Crippen LogP contribution in [0.1, 0.15) is 11.1 Å². The van der Waals surface area contributed by atoms with Gasteiger partial charge in [0.1, 0.15) is 3.70 Å². The van der Waals surface area contributed by atoms with Gasteiger partial charge in [-0.1, -0.05) is 0 Å². The van der Waals surface area contributed by atoms with E-state index in [1.807, 2.05) is 12.3 Å². The number of hydrogen-bond acceptors (Lipinski definition) is 2. The summed E-state index contributed by atoms with van der Waals surface area (Å²) in [7, 11) is 0. The molecular weight excluding hydrogens is 275 g/mol. The van der Waals surface area contributed by atoms with Gasteiger partial charge in [0, 0.05) is 17.8 Å². The summed E-state index contributed by atoms with van der Waals surface area (Å²) in [6, 6.07) is 1.95. The number of fused-ring (bicyclic) bond motifs is 1. The molecule has 2 heterocycles. The molecule has 2 rings (SSSR count). The monoisotopic (exact) mass is 284 g/mol. The molecule has 2 aromatic rings. The van der Waals surface area contributed by atoms with E-state index in [1.54, 1.807) is 6.20 Å². The van der Waals surface area contributed by atoms with Crippen molar-refractivity contribution in [3.05, 3.63) is 33.3 Å². The molecule has 0 atom stereocenters. The van der Waals surface area contributed by atoms with Crippen molar-refractivity contribution in [1.29, 1.82) is 0 Å². The number of aryl methyl sites for hydroxylation is 1. The molecule has 2 aromatic heterocycles. The molecule has 0 aliphatic rings. The Hall–Kier alpha value is -0.710. The molecule has 0 N–H and O–H groups in total. The highest BCUT2D eigenvalue weighted by Crippen LogP contribution is 2.21. The van der Waals surface area contributed by atoms with Crippen LogP contribution in [0.15, 0.2) is 18.5 Å². The van der Waals surface area contributed by atoms with Crippen molar-refractivity contribution < 1.29 is 0 Å². The van der Waals surface area contributed by atoms with Gasteiger partial charge in [-0.25, -0.2) is 4.98 Å². The summed E-state index contributed by atoms with van der Waals surface area (Å²) >= 11 is 2.27. The summed E-state index contributed by atoms with van der Waals surface area (Å²) in [4.78, 5) is 8.58. The third-order valence-corrected chi connectivity index (χ3v) is 3.34. The van der Waals surface area contributed by atoms with Crippen LogP contribution in [-0.4, -0.2) is 9.97 Å². The quantitative estimate of drug-likeness (QED) is 0.549. The van der Waals surface area contributed by atoms with E-state index in [1.165, 1.54) is 11.1 Å². The Labute approximate surface area is 90.5 Å². The standard InChI is InChI=1S/C10H9IN2/c1-6-7(2)10(11)13-9-3-4-12-5-8(6)9/h3-5H,1-2H3. The molecule has 2 nitrogen and oxygen atoms in total. The van der Waals surface area contributed by atoms with E-state index in [-0.39, 0.29) is 0 Å². The van der Waals surface area contributed by atoms with E-state index in [4.69, 9.17) is 0 Å². The molecular formula is C10H9IN2. The number of pyridine rings is 2. The first-order chi connectivity index (χ1) is 6.20. The zero-order valence-electron chi connectivity index (χ0n) is 7.50. The van der Waals surface area contributed by atoms with Gasteiger partial charge in [-0.15, -0.1) is 0 Å². The van der Waals surface area contributed by atoms with E-state index < -0.39 is 0 Å². The molecule has 0 spiro atoms. The highest BCUT2D eigenvalue weighted by Gasteiger charge is 2.05. The van der Waals surface area contributed by atoms with Crippen LogP contribution in [0.4, 0.5) is 0 Å². The van der Waals surface area contributed by atoms with Crippen LogP contribution in [0.2, 0.25) is 0 Å². The smallest absolute Gasteiger partial charge is 0.105 e. The molecule has 0 radical (unpaired) electrons. The molecule has 0 saturated carbocycles. The van der Waals surface area contributed by atoms with Gasteiger partial charge in [0.25, 0.3) is 0 Å². The number of aromatic nitrogens is 2.